The molecule has 7 heteroatoms. The Morgan fingerprint density at radius 1 is 0.903 bits per heavy atom. The van der Waals surface area contributed by atoms with Gasteiger partial charge in [0.2, 0.25) is 0 Å². The third kappa shape index (κ3) is 5.73. The van der Waals surface area contributed by atoms with Crippen LogP contribution in [0, 0.1) is 0 Å². The van der Waals surface area contributed by atoms with Crippen LogP contribution in [0.4, 0.5) is 11.4 Å². The first-order valence-corrected chi connectivity index (χ1v) is 10.7. The molecule has 0 radical (unpaired) electrons. The minimum absolute atomic E-state index is 0.104. The number of para-hydroxylation sites is 1. The number of carbonyl (C=O) groups excluding carboxylic acids is 3. The molecule has 2 amide bonds. The zero-order chi connectivity index (χ0) is 22.2. The van der Waals surface area contributed by atoms with E-state index in [0.29, 0.717) is 11.4 Å². The highest BCUT2D eigenvalue weighted by Gasteiger charge is 2.22. The van der Waals surface area contributed by atoms with E-state index in [1.54, 1.807) is 55.2 Å². The zero-order valence-corrected chi connectivity index (χ0v) is 18.0. The fourth-order valence-corrected chi connectivity index (χ4v) is 3.36. The van der Waals surface area contributed by atoms with E-state index in [4.69, 9.17) is 4.74 Å². The summed E-state index contributed by atoms with van der Waals surface area (Å²) in [7, 11) is 1.63. The Bertz CT molecular complexity index is 1090. The molecule has 0 aliphatic heterocycles. The van der Waals surface area contributed by atoms with Crippen molar-refractivity contribution in [1.82, 2.24) is 0 Å². The van der Waals surface area contributed by atoms with Crippen molar-refractivity contribution in [2.75, 3.05) is 30.1 Å². The van der Waals surface area contributed by atoms with Crippen LogP contribution in [-0.2, 0) is 9.53 Å². The van der Waals surface area contributed by atoms with Gasteiger partial charge in [-0.2, -0.15) is 0 Å². The number of ether oxygens (including phenoxy) is 1. The average Bonchev–Trinajstić information content (AvgIpc) is 2.82. The summed E-state index contributed by atoms with van der Waals surface area (Å²) in [5.74, 6) is -1.55. The second-order valence-electron chi connectivity index (χ2n) is 6.60. The number of nitrogens with one attached hydrogen (secondary N) is 1. The van der Waals surface area contributed by atoms with Crippen molar-refractivity contribution in [3.63, 3.8) is 0 Å². The van der Waals surface area contributed by atoms with Crippen LogP contribution in [0.1, 0.15) is 20.7 Å². The van der Waals surface area contributed by atoms with E-state index in [-0.39, 0.29) is 17.0 Å². The molecular formula is C24H22N2O4S. The second kappa shape index (κ2) is 10.4. The van der Waals surface area contributed by atoms with Crippen molar-refractivity contribution in [2.45, 2.75) is 4.90 Å². The molecule has 0 aromatic heterocycles. The van der Waals surface area contributed by atoms with Gasteiger partial charge in [-0.1, -0.05) is 36.4 Å². The first-order valence-electron chi connectivity index (χ1n) is 9.52. The Kier molecular flexibility index (Phi) is 7.45. The smallest absolute Gasteiger partial charge is 0.339 e. The van der Waals surface area contributed by atoms with Crippen LogP contribution in [0.25, 0.3) is 0 Å². The monoisotopic (exact) mass is 434 g/mol. The van der Waals surface area contributed by atoms with Gasteiger partial charge in [-0.25, -0.2) is 4.79 Å². The van der Waals surface area contributed by atoms with E-state index in [1.807, 2.05) is 42.7 Å². The molecule has 6 nitrogen and oxygen atoms in total. The lowest BCUT2D eigenvalue weighted by Crippen LogP contribution is -2.28. The standard InChI is InChI=1S/C24H22N2O4S/c1-26(18-10-4-3-5-11-18)23(28)20-13-6-7-14-21(20)24(29)30-16-22(27)25-17-9-8-12-19(15-17)31-2/h3-15H,16H2,1-2H3,(H,25,27). The molecule has 3 rings (SSSR count). The van der Waals surface area contributed by atoms with E-state index in [9.17, 15) is 14.4 Å². The first kappa shape index (κ1) is 22.1. The fraction of sp³-hybridized carbons (Fsp3) is 0.125. The normalized spacial score (nSPS) is 10.3. The lowest BCUT2D eigenvalue weighted by molar-refractivity contribution is -0.119. The largest absolute Gasteiger partial charge is 0.452 e. The molecule has 0 aliphatic carbocycles. The number of amides is 2. The first-order chi connectivity index (χ1) is 15.0. The number of esters is 1. The van der Waals surface area contributed by atoms with Gasteiger partial charge < -0.3 is 15.0 Å². The van der Waals surface area contributed by atoms with Crippen LogP contribution in [0.15, 0.2) is 83.8 Å². The third-order valence-corrected chi connectivity index (χ3v) is 5.24. The van der Waals surface area contributed by atoms with Gasteiger partial charge in [-0.3, -0.25) is 9.59 Å². The van der Waals surface area contributed by atoms with Crippen molar-refractivity contribution in [2.24, 2.45) is 0 Å². The molecule has 1 N–H and O–H groups in total. The van der Waals surface area contributed by atoms with Gasteiger partial charge in [-0.15, -0.1) is 11.8 Å². The molecule has 3 aromatic carbocycles. The molecule has 0 saturated heterocycles. The number of hydrogen-bond acceptors (Lipinski definition) is 5. The predicted octanol–water partition coefficient (Wildman–Crippen LogP) is 4.48. The van der Waals surface area contributed by atoms with Gasteiger partial charge in [0.1, 0.15) is 0 Å². The lowest BCUT2D eigenvalue weighted by atomic mass is 10.1. The molecule has 0 unspecified atom stereocenters. The van der Waals surface area contributed by atoms with E-state index in [1.165, 1.54) is 11.0 Å². The number of anilines is 2. The summed E-state index contributed by atoms with van der Waals surface area (Å²) in [6, 6.07) is 22.8. The summed E-state index contributed by atoms with van der Waals surface area (Å²) in [5.41, 5.74) is 1.62. The van der Waals surface area contributed by atoms with Gasteiger partial charge in [0.15, 0.2) is 6.61 Å². The van der Waals surface area contributed by atoms with Gasteiger partial charge >= 0.3 is 5.97 Å². The highest BCUT2D eigenvalue weighted by atomic mass is 32.2. The molecule has 0 saturated carbocycles. The molecule has 0 bridgehead atoms. The zero-order valence-electron chi connectivity index (χ0n) is 17.2. The summed E-state index contributed by atoms with van der Waals surface area (Å²) in [6.07, 6.45) is 1.94. The number of carbonyl (C=O) groups is 3. The minimum Gasteiger partial charge on any atom is -0.452 e. The number of thioether (sulfide) groups is 1. The Labute approximate surface area is 185 Å². The third-order valence-electron chi connectivity index (χ3n) is 4.51. The van der Waals surface area contributed by atoms with Crippen molar-refractivity contribution >= 4 is 40.9 Å². The van der Waals surface area contributed by atoms with E-state index >= 15 is 0 Å². The maximum absolute atomic E-state index is 12.9. The Hall–Kier alpha value is -3.58. The van der Waals surface area contributed by atoms with Crippen molar-refractivity contribution < 1.29 is 19.1 Å². The molecule has 0 atom stereocenters. The van der Waals surface area contributed by atoms with Crippen molar-refractivity contribution in [3.8, 4) is 0 Å². The Morgan fingerprint density at radius 2 is 1.58 bits per heavy atom. The molecule has 0 fully saturated rings. The van der Waals surface area contributed by atoms with Gasteiger partial charge in [0.25, 0.3) is 11.8 Å². The van der Waals surface area contributed by atoms with Crippen LogP contribution in [0.2, 0.25) is 0 Å². The van der Waals surface area contributed by atoms with Crippen molar-refractivity contribution in [1.29, 1.82) is 0 Å². The Balaban J connectivity index is 1.67. The predicted molar refractivity (Wildman–Crippen MR) is 123 cm³/mol. The van der Waals surface area contributed by atoms with Gasteiger partial charge in [0, 0.05) is 23.3 Å². The summed E-state index contributed by atoms with van der Waals surface area (Å²) in [5, 5.41) is 2.70. The van der Waals surface area contributed by atoms with E-state index < -0.39 is 18.5 Å². The highest BCUT2D eigenvalue weighted by molar-refractivity contribution is 7.98. The molecule has 0 aliphatic rings. The van der Waals surface area contributed by atoms with Crippen LogP contribution in [-0.4, -0.2) is 37.7 Å². The summed E-state index contributed by atoms with van der Waals surface area (Å²) >= 11 is 1.56. The molecule has 158 valence electrons. The number of nitrogens with zero attached hydrogens (tertiary/aromatic N) is 1. The molecule has 31 heavy (non-hydrogen) atoms. The number of rotatable bonds is 7. The maximum Gasteiger partial charge on any atom is 0.339 e. The van der Waals surface area contributed by atoms with Crippen LogP contribution in [0.5, 0.6) is 0 Å². The average molecular weight is 435 g/mol. The molecular weight excluding hydrogens is 412 g/mol. The summed E-state index contributed by atoms with van der Waals surface area (Å²) in [6.45, 7) is -0.459. The van der Waals surface area contributed by atoms with Crippen LogP contribution < -0.4 is 10.2 Å². The fourth-order valence-electron chi connectivity index (χ4n) is 2.90. The second-order valence-corrected chi connectivity index (χ2v) is 7.48. The van der Waals surface area contributed by atoms with Gasteiger partial charge in [-0.05, 0) is 48.7 Å². The molecule has 0 spiro atoms. The van der Waals surface area contributed by atoms with E-state index in [0.717, 1.165) is 4.90 Å². The van der Waals surface area contributed by atoms with Crippen LogP contribution in [0.3, 0.4) is 0 Å². The number of hydrogen-bond donors (Lipinski definition) is 1. The molecule has 3 aromatic rings. The van der Waals surface area contributed by atoms with Crippen LogP contribution >= 0.6 is 11.8 Å². The van der Waals surface area contributed by atoms with Crippen molar-refractivity contribution in [3.05, 3.63) is 90.0 Å². The highest BCUT2D eigenvalue weighted by Crippen LogP contribution is 2.20. The van der Waals surface area contributed by atoms with E-state index in [2.05, 4.69) is 5.32 Å². The minimum atomic E-state index is -0.738. The summed E-state index contributed by atoms with van der Waals surface area (Å²) in [4.78, 5) is 40.2. The van der Waals surface area contributed by atoms with Gasteiger partial charge in [0.05, 0.1) is 11.1 Å². The quantitative estimate of drug-likeness (QED) is 0.438. The lowest BCUT2D eigenvalue weighted by Gasteiger charge is -2.18. The topological polar surface area (TPSA) is 75.7 Å². The number of benzene rings is 3. The summed E-state index contributed by atoms with van der Waals surface area (Å²) < 4.78 is 5.17. The maximum atomic E-state index is 12.9. The Morgan fingerprint density at radius 3 is 2.29 bits per heavy atom. The SMILES string of the molecule is CSc1cccc(NC(=O)COC(=O)c2ccccc2C(=O)N(C)c2ccccc2)c1. The molecule has 0 heterocycles.